The summed E-state index contributed by atoms with van der Waals surface area (Å²) in [5.74, 6) is 0.253. The van der Waals surface area contributed by atoms with Crippen molar-refractivity contribution in [1.82, 2.24) is 4.57 Å². The number of nitriles is 1. The first-order valence-electron chi connectivity index (χ1n) is 5.70. The van der Waals surface area contributed by atoms with Crippen LogP contribution in [-0.4, -0.2) is 9.67 Å². The maximum absolute atomic E-state index is 9.19. The molecular weight excluding hydrogens is 226 g/mol. The molecule has 0 aliphatic heterocycles. The van der Waals surface area contributed by atoms with E-state index >= 15 is 0 Å². The molecule has 0 saturated heterocycles. The minimum Gasteiger partial charge on any atom is -0.508 e. The fraction of sp³-hybridized carbons (Fsp3) is 0.214. The van der Waals surface area contributed by atoms with Gasteiger partial charge in [-0.05, 0) is 42.8 Å². The summed E-state index contributed by atoms with van der Waals surface area (Å²) in [6.45, 7) is 2.65. The minimum absolute atomic E-state index is 0.253. The van der Waals surface area contributed by atoms with E-state index in [0.29, 0.717) is 12.2 Å². The smallest absolute Gasteiger partial charge is 0.120 e. The van der Waals surface area contributed by atoms with E-state index in [9.17, 15) is 5.11 Å². The van der Waals surface area contributed by atoms with Gasteiger partial charge in [-0.2, -0.15) is 5.26 Å². The van der Waals surface area contributed by atoms with Gasteiger partial charge in [0.15, 0.2) is 0 Å². The summed E-state index contributed by atoms with van der Waals surface area (Å²) in [6.07, 6.45) is 0. The van der Waals surface area contributed by atoms with Crippen molar-refractivity contribution < 1.29 is 5.11 Å². The van der Waals surface area contributed by atoms with Crippen LogP contribution in [0.15, 0.2) is 30.3 Å². The van der Waals surface area contributed by atoms with Crippen molar-refractivity contribution in [3.8, 4) is 11.8 Å². The number of phenols is 1. The van der Waals surface area contributed by atoms with Crippen molar-refractivity contribution in [2.75, 3.05) is 5.32 Å². The third-order valence-electron chi connectivity index (χ3n) is 3.10. The number of hydrogen-bond donors (Lipinski definition) is 2. The molecule has 92 valence electrons. The Kier molecular flexibility index (Phi) is 3.24. The second kappa shape index (κ2) is 4.84. The van der Waals surface area contributed by atoms with Gasteiger partial charge >= 0.3 is 0 Å². The van der Waals surface area contributed by atoms with Gasteiger partial charge in [-0.25, -0.2) is 0 Å². The van der Waals surface area contributed by atoms with Crippen LogP contribution in [0.1, 0.15) is 17.0 Å². The van der Waals surface area contributed by atoms with Crippen LogP contribution >= 0.6 is 0 Å². The molecule has 0 amide bonds. The lowest BCUT2D eigenvalue weighted by Gasteiger charge is -2.06. The van der Waals surface area contributed by atoms with Crippen molar-refractivity contribution in [2.24, 2.45) is 7.05 Å². The van der Waals surface area contributed by atoms with Crippen molar-refractivity contribution >= 4 is 5.69 Å². The number of anilines is 1. The van der Waals surface area contributed by atoms with Crippen LogP contribution in [0.4, 0.5) is 5.69 Å². The molecule has 1 aromatic carbocycles. The second-order valence-electron chi connectivity index (χ2n) is 4.21. The van der Waals surface area contributed by atoms with Gasteiger partial charge in [0.05, 0.1) is 0 Å². The molecule has 0 unspecified atom stereocenters. The van der Waals surface area contributed by atoms with Crippen LogP contribution in [0, 0.1) is 18.3 Å². The molecule has 0 bridgehead atoms. The van der Waals surface area contributed by atoms with Crippen molar-refractivity contribution in [1.29, 1.82) is 5.26 Å². The van der Waals surface area contributed by atoms with Crippen molar-refractivity contribution in [2.45, 2.75) is 13.5 Å². The van der Waals surface area contributed by atoms with Gasteiger partial charge in [0.2, 0.25) is 0 Å². The molecule has 0 radical (unpaired) electrons. The normalized spacial score (nSPS) is 10.1. The summed E-state index contributed by atoms with van der Waals surface area (Å²) in [4.78, 5) is 0. The molecule has 1 aromatic heterocycles. The Morgan fingerprint density at radius 3 is 2.56 bits per heavy atom. The fourth-order valence-corrected chi connectivity index (χ4v) is 1.83. The summed E-state index contributed by atoms with van der Waals surface area (Å²) in [6, 6.07) is 11.0. The lowest BCUT2D eigenvalue weighted by atomic mass is 10.2. The quantitative estimate of drug-likeness (QED) is 0.812. The zero-order valence-electron chi connectivity index (χ0n) is 10.4. The zero-order chi connectivity index (χ0) is 13.1. The highest BCUT2D eigenvalue weighted by Gasteiger charge is 2.07. The molecule has 4 heteroatoms. The van der Waals surface area contributed by atoms with Crippen LogP contribution in [-0.2, 0) is 13.6 Å². The molecule has 4 nitrogen and oxygen atoms in total. The fourth-order valence-electron chi connectivity index (χ4n) is 1.83. The number of aromatic hydroxyl groups is 1. The predicted octanol–water partition coefficient (Wildman–Crippen LogP) is 2.52. The Hall–Kier alpha value is -2.41. The largest absolute Gasteiger partial charge is 0.508 e. The molecule has 0 spiro atoms. The van der Waals surface area contributed by atoms with Crippen LogP contribution in [0.25, 0.3) is 0 Å². The van der Waals surface area contributed by atoms with Gasteiger partial charge in [-0.3, -0.25) is 0 Å². The second-order valence-corrected chi connectivity index (χ2v) is 4.21. The monoisotopic (exact) mass is 241 g/mol. The highest BCUT2D eigenvalue weighted by Crippen LogP contribution is 2.17. The van der Waals surface area contributed by atoms with Crippen molar-refractivity contribution in [3.05, 3.63) is 47.3 Å². The summed E-state index contributed by atoms with van der Waals surface area (Å²) in [5.41, 5.74) is 3.78. The first-order chi connectivity index (χ1) is 8.61. The maximum atomic E-state index is 9.19. The molecule has 2 aromatic rings. The van der Waals surface area contributed by atoms with Gasteiger partial charge in [0, 0.05) is 25.0 Å². The summed E-state index contributed by atoms with van der Waals surface area (Å²) in [7, 11) is 1.89. The molecule has 0 saturated carbocycles. The van der Waals surface area contributed by atoms with E-state index in [0.717, 1.165) is 16.9 Å². The van der Waals surface area contributed by atoms with Gasteiger partial charge in [-0.1, -0.05) is 0 Å². The number of aromatic nitrogens is 1. The molecule has 0 atom stereocenters. The average Bonchev–Trinajstić information content (AvgIpc) is 2.65. The Morgan fingerprint density at radius 2 is 2.00 bits per heavy atom. The topological polar surface area (TPSA) is 61.0 Å². The molecule has 0 fully saturated rings. The number of nitrogens with zero attached hydrogens (tertiary/aromatic N) is 2. The zero-order valence-corrected chi connectivity index (χ0v) is 10.4. The molecule has 1 heterocycles. The lowest BCUT2D eigenvalue weighted by molar-refractivity contribution is 0.475. The molecule has 2 rings (SSSR count). The van der Waals surface area contributed by atoms with E-state index in [1.807, 2.05) is 36.7 Å². The Labute approximate surface area is 106 Å². The van der Waals surface area contributed by atoms with Gasteiger partial charge < -0.3 is 15.0 Å². The Morgan fingerprint density at radius 1 is 1.33 bits per heavy atom. The molecule has 2 N–H and O–H groups in total. The van der Waals surface area contributed by atoms with Gasteiger partial charge in [0.1, 0.15) is 17.5 Å². The highest BCUT2D eigenvalue weighted by molar-refractivity contribution is 5.47. The average molecular weight is 241 g/mol. The van der Waals surface area contributed by atoms with E-state index in [4.69, 9.17) is 5.26 Å². The summed E-state index contributed by atoms with van der Waals surface area (Å²) >= 11 is 0. The highest BCUT2D eigenvalue weighted by atomic mass is 16.3. The van der Waals surface area contributed by atoms with Crippen molar-refractivity contribution in [3.63, 3.8) is 0 Å². The molecule has 18 heavy (non-hydrogen) atoms. The number of nitrogens with one attached hydrogen (secondary N) is 1. The summed E-state index contributed by atoms with van der Waals surface area (Å²) in [5, 5.41) is 21.4. The molecule has 0 aliphatic carbocycles. The standard InChI is InChI=1S/C14H15N3O/c1-10-11(7-13(8-15)17(10)2)9-16-12-3-5-14(18)6-4-12/h3-7,16,18H,9H2,1-2H3. The third-order valence-corrected chi connectivity index (χ3v) is 3.10. The number of hydrogen-bond acceptors (Lipinski definition) is 3. The van der Waals surface area contributed by atoms with Crippen LogP contribution < -0.4 is 5.32 Å². The van der Waals surface area contributed by atoms with Crippen LogP contribution in [0.5, 0.6) is 5.75 Å². The van der Waals surface area contributed by atoms with Crippen LogP contribution in [0.3, 0.4) is 0 Å². The maximum Gasteiger partial charge on any atom is 0.120 e. The first-order valence-corrected chi connectivity index (χ1v) is 5.70. The number of benzene rings is 1. The lowest BCUT2D eigenvalue weighted by Crippen LogP contribution is -2.01. The van der Waals surface area contributed by atoms with E-state index < -0.39 is 0 Å². The van der Waals surface area contributed by atoms with E-state index in [1.165, 1.54) is 0 Å². The summed E-state index contributed by atoms with van der Waals surface area (Å²) < 4.78 is 1.88. The van der Waals surface area contributed by atoms with E-state index in [2.05, 4.69) is 11.4 Å². The van der Waals surface area contributed by atoms with Gasteiger partial charge in [-0.15, -0.1) is 0 Å². The van der Waals surface area contributed by atoms with Gasteiger partial charge in [0.25, 0.3) is 0 Å². The first kappa shape index (κ1) is 12.1. The number of phenolic OH excluding ortho intramolecular Hbond substituents is 1. The predicted molar refractivity (Wildman–Crippen MR) is 70.3 cm³/mol. The molecular formula is C14H15N3O. The third kappa shape index (κ3) is 2.30. The van der Waals surface area contributed by atoms with E-state index in [1.54, 1.807) is 12.1 Å². The van der Waals surface area contributed by atoms with E-state index in [-0.39, 0.29) is 5.75 Å². The molecule has 0 aliphatic rings. The minimum atomic E-state index is 0.253. The Balaban J connectivity index is 2.11. The van der Waals surface area contributed by atoms with Crippen LogP contribution in [0.2, 0.25) is 0 Å². The Bertz CT molecular complexity index is 591. The SMILES string of the molecule is Cc1c(CNc2ccc(O)cc2)cc(C#N)n1C. The number of rotatable bonds is 3.